The van der Waals surface area contributed by atoms with Crippen LogP contribution >= 0.6 is 11.3 Å². The first kappa shape index (κ1) is 23.9. The van der Waals surface area contributed by atoms with Gasteiger partial charge in [-0.2, -0.15) is 4.72 Å². The fourth-order valence-electron chi connectivity index (χ4n) is 4.75. The zero-order valence-electron chi connectivity index (χ0n) is 19.6. The van der Waals surface area contributed by atoms with Crippen LogP contribution in [0.15, 0.2) is 47.5 Å². The van der Waals surface area contributed by atoms with E-state index in [0.717, 1.165) is 31.6 Å². The van der Waals surface area contributed by atoms with Gasteiger partial charge in [0.1, 0.15) is 6.04 Å². The molecule has 10 heteroatoms. The zero-order chi connectivity index (χ0) is 24.7. The van der Waals surface area contributed by atoms with E-state index in [4.69, 9.17) is 0 Å². The SMILES string of the molecule is CC(C)[C@H](NS(=O)(=O)c1ccc2c(c1)sc1cc(-n3cc(C4CCCCC4)nn3)ccc12)C(=O)O. The molecule has 2 heterocycles. The summed E-state index contributed by atoms with van der Waals surface area (Å²) in [5, 5.41) is 20.2. The van der Waals surface area contributed by atoms with Crippen LogP contribution in [-0.2, 0) is 14.8 Å². The molecular formula is C25H28N4O4S2. The lowest BCUT2D eigenvalue weighted by atomic mass is 9.87. The van der Waals surface area contributed by atoms with Crippen molar-refractivity contribution in [3.05, 3.63) is 48.3 Å². The zero-order valence-corrected chi connectivity index (χ0v) is 21.3. The van der Waals surface area contributed by atoms with Crippen LogP contribution in [0, 0.1) is 5.92 Å². The average molecular weight is 513 g/mol. The molecular weight excluding hydrogens is 484 g/mol. The number of carbonyl (C=O) groups is 1. The number of aromatic nitrogens is 3. The van der Waals surface area contributed by atoms with Crippen molar-refractivity contribution in [2.75, 3.05) is 0 Å². The first-order valence-electron chi connectivity index (χ1n) is 11.9. The molecule has 1 aliphatic carbocycles. The predicted molar refractivity (Wildman–Crippen MR) is 137 cm³/mol. The third-order valence-electron chi connectivity index (χ3n) is 6.75. The number of nitrogens with one attached hydrogen (secondary N) is 1. The molecule has 2 aromatic carbocycles. The van der Waals surface area contributed by atoms with Crippen molar-refractivity contribution in [1.29, 1.82) is 0 Å². The van der Waals surface area contributed by atoms with Gasteiger partial charge in [0.15, 0.2) is 0 Å². The van der Waals surface area contributed by atoms with E-state index in [1.807, 2.05) is 29.1 Å². The summed E-state index contributed by atoms with van der Waals surface area (Å²) >= 11 is 1.50. The summed E-state index contributed by atoms with van der Waals surface area (Å²) in [6, 6.07) is 9.80. The number of thiophene rings is 1. The maximum absolute atomic E-state index is 12.9. The second-order valence-electron chi connectivity index (χ2n) is 9.54. The Morgan fingerprint density at radius 2 is 1.77 bits per heavy atom. The quantitative estimate of drug-likeness (QED) is 0.357. The van der Waals surface area contributed by atoms with Gasteiger partial charge in [-0.1, -0.05) is 50.5 Å². The van der Waals surface area contributed by atoms with Gasteiger partial charge in [0.05, 0.1) is 22.5 Å². The number of sulfonamides is 1. The molecule has 0 radical (unpaired) electrons. The molecule has 2 N–H and O–H groups in total. The molecule has 0 unspecified atom stereocenters. The van der Waals surface area contributed by atoms with Crippen LogP contribution in [0.25, 0.3) is 25.9 Å². The van der Waals surface area contributed by atoms with Crippen LogP contribution in [0.1, 0.15) is 57.6 Å². The normalized spacial score (nSPS) is 16.3. The molecule has 8 nitrogen and oxygen atoms in total. The van der Waals surface area contributed by atoms with Crippen molar-refractivity contribution in [1.82, 2.24) is 19.7 Å². The Morgan fingerprint density at radius 1 is 1.09 bits per heavy atom. The van der Waals surface area contributed by atoms with E-state index in [9.17, 15) is 18.3 Å². The van der Waals surface area contributed by atoms with Gasteiger partial charge in [0.2, 0.25) is 10.0 Å². The van der Waals surface area contributed by atoms with Crippen LogP contribution in [-0.4, -0.2) is 40.5 Å². The number of aliphatic carboxylic acids is 1. The Hall–Kier alpha value is -2.82. The van der Waals surface area contributed by atoms with Crippen LogP contribution in [0.5, 0.6) is 0 Å². The van der Waals surface area contributed by atoms with Gasteiger partial charge in [0.25, 0.3) is 0 Å². The molecule has 4 aromatic rings. The second kappa shape index (κ2) is 9.33. The summed E-state index contributed by atoms with van der Waals surface area (Å²) < 4.78 is 31.8. The molecule has 5 rings (SSSR count). The number of carboxylic acid groups (broad SMARTS) is 1. The van der Waals surface area contributed by atoms with E-state index in [-0.39, 0.29) is 10.8 Å². The van der Waals surface area contributed by atoms with Crippen molar-refractivity contribution in [2.45, 2.75) is 62.8 Å². The second-order valence-corrected chi connectivity index (χ2v) is 12.3. The Kier molecular flexibility index (Phi) is 6.37. The molecule has 0 saturated heterocycles. The lowest BCUT2D eigenvalue weighted by Gasteiger charge is -2.18. The highest BCUT2D eigenvalue weighted by molar-refractivity contribution is 7.89. The summed E-state index contributed by atoms with van der Waals surface area (Å²) in [6.45, 7) is 3.34. The smallest absolute Gasteiger partial charge is 0.322 e. The third kappa shape index (κ3) is 4.70. The van der Waals surface area contributed by atoms with E-state index < -0.39 is 22.0 Å². The highest BCUT2D eigenvalue weighted by Crippen LogP contribution is 2.37. The molecule has 184 valence electrons. The van der Waals surface area contributed by atoms with Crippen molar-refractivity contribution >= 4 is 47.5 Å². The maximum atomic E-state index is 12.9. The number of fused-ring (bicyclic) bond motifs is 3. The van der Waals surface area contributed by atoms with E-state index in [1.165, 1.54) is 49.5 Å². The van der Waals surface area contributed by atoms with E-state index >= 15 is 0 Å². The minimum absolute atomic E-state index is 0.0529. The fraction of sp³-hybridized carbons (Fsp3) is 0.400. The van der Waals surface area contributed by atoms with E-state index in [0.29, 0.717) is 5.92 Å². The van der Waals surface area contributed by atoms with Crippen molar-refractivity contribution in [3.63, 3.8) is 0 Å². The number of rotatable bonds is 7. The minimum atomic E-state index is -3.98. The fourth-order valence-corrected chi connectivity index (χ4v) is 7.37. The van der Waals surface area contributed by atoms with Gasteiger partial charge < -0.3 is 5.11 Å². The molecule has 0 amide bonds. The molecule has 1 atom stereocenters. The summed E-state index contributed by atoms with van der Waals surface area (Å²) in [4.78, 5) is 11.5. The number of benzene rings is 2. The van der Waals surface area contributed by atoms with Gasteiger partial charge in [-0.25, -0.2) is 13.1 Å². The van der Waals surface area contributed by atoms with Crippen LogP contribution in [0.4, 0.5) is 0 Å². The molecule has 35 heavy (non-hydrogen) atoms. The largest absolute Gasteiger partial charge is 0.480 e. The molecule has 1 fully saturated rings. The predicted octanol–water partition coefficient (Wildman–Crippen LogP) is 5.07. The Labute approximate surface area is 208 Å². The number of hydrogen-bond acceptors (Lipinski definition) is 6. The van der Waals surface area contributed by atoms with Crippen LogP contribution in [0.2, 0.25) is 0 Å². The molecule has 0 aliphatic heterocycles. The minimum Gasteiger partial charge on any atom is -0.480 e. The Bertz CT molecular complexity index is 1500. The van der Waals surface area contributed by atoms with Crippen LogP contribution < -0.4 is 4.72 Å². The first-order chi connectivity index (χ1) is 16.7. The van der Waals surface area contributed by atoms with Gasteiger partial charge in [-0.15, -0.1) is 16.4 Å². The molecule has 2 aromatic heterocycles. The highest BCUT2D eigenvalue weighted by atomic mass is 32.2. The van der Waals surface area contributed by atoms with Gasteiger partial charge in [-0.3, -0.25) is 4.79 Å². The standard InChI is InChI=1S/C25H28N4O4S2/c1-15(2)24(25(30)31)27-35(32,33)18-9-11-20-19-10-8-17(12-22(19)34-23(20)13-18)29-14-21(26-28-29)16-6-4-3-5-7-16/h8-16,24,27H,3-7H2,1-2H3,(H,30,31)/t24-/m0/s1. The van der Waals surface area contributed by atoms with Crippen LogP contribution in [0.3, 0.4) is 0 Å². The van der Waals surface area contributed by atoms with E-state index in [1.54, 1.807) is 26.0 Å². The topological polar surface area (TPSA) is 114 Å². The Balaban J connectivity index is 1.46. The molecule has 1 saturated carbocycles. The maximum Gasteiger partial charge on any atom is 0.322 e. The van der Waals surface area contributed by atoms with Crippen molar-refractivity contribution < 1.29 is 18.3 Å². The monoisotopic (exact) mass is 512 g/mol. The van der Waals surface area contributed by atoms with E-state index in [2.05, 4.69) is 15.0 Å². The average Bonchev–Trinajstić information content (AvgIpc) is 3.47. The number of hydrogen-bond donors (Lipinski definition) is 2. The molecule has 0 bridgehead atoms. The number of carboxylic acids is 1. The third-order valence-corrected chi connectivity index (χ3v) is 9.31. The molecule has 0 spiro atoms. The van der Waals surface area contributed by atoms with Gasteiger partial charge >= 0.3 is 5.97 Å². The molecule has 1 aliphatic rings. The number of nitrogens with zero attached hydrogens (tertiary/aromatic N) is 3. The summed E-state index contributed by atoms with van der Waals surface area (Å²) in [5.41, 5.74) is 1.96. The Morgan fingerprint density at radius 3 is 2.46 bits per heavy atom. The summed E-state index contributed by atoms with van der Waals surface area (Å²) in [7, 11) is -3.98. The van der Waals surface area contributed by atoms with Crippen molar-refractivity contribution in [2.24, 2.45) is 5.92 Å². The summed E-state index contributed by atoms with van der Waals surface area (Å²) in [6.07, 6.45) is 8.13. The first-order valence-corrected chi connectivity index (χ1v) is 14.2. The van der Waals surface area contributed by atoms with Crippen molar-refractivity contribution in [3.8, 4) is 5.69 Å². The lowest BCUT2D eigenvalue weighted by Crippen LogP contribution is -2.44. The summed E-state index contributed by atoms with van der Waals surface area (Å²) in [5.74, 6) is -1.10. The van der Waals surface area contributed by atoms with Gasteiger partial charge in [-0.05, 0) is 43.0 Å². The van der Waals surface area contributed by atoms with Gasteiger partial charge in [0, 0.05) is 26.1 Å². The highest BCUT2D eigenvalue weighted by Gasteiger charge is 2.28. The lowest BCUT2D eigenvalue weighted by molar-refractivity contribution is -0.140.